The van der Waals surface area contributed by atoms with Crippen LogP contribution in [-0.4, -0.2) is 22.4 Å². The van der Waals surface area contributed by atoms with Crippen molar-refractivity contribution in [1.29, 1.82) is 0 Å². The number of phenolic OH excluding ortho intramolecular Hbond substituents is 1. The third-order valence-corrected chi connectivity index (χ3v) is 7.03. The van der Waals surface area contributed by atoms with Gasteiger partial charge in [0.2, 0.25) is 0 Å². The summed E-state index contributed by atoms with van der Waals surface area (Å²) in [6.45, 7) is 10.4. The summed E-state index contributed by atoms with van der Waals surface area (Å²) in [5.74, 6) is -0.303. The monoisotopic (exact) mass is 392 g/mol. The molecule has 2 N–H and O–H groups in total. The molecule has 1 heterocycles. The number of fused-ring (bicyclic) bond motifs is 3. The van der Waals surface area contributed by atoms with Gasteiger partial charge in [-0.2, -0.15) is 0 Å². The van der Waals surface area contributed by atoms with E-state index in [9.17, 15) is 10.2 Å². The van der Waals surface area contributed by atoms with Crippen LogP contribution >= 0.6 is 0 Å². The van der Waals surface area contributed by atoms with Gasteiger partial charge in [0.25, 0.3) is 0 Å². The van der Waals surface area contributed by atoms with Crippen molar-refractivity contribution in [2.75, 3.05) is 6.61 Å². The molecular weight excluding hydrogens is 348 g/mol. The summed E-state index contributed by atoms with van der Waals surface area (Å²) in [4.78, 5) is 0. The van der Waals surface area contributed by atoms with Gasteiger partial charge < -0.3 is 14.9 Å². The zero-order valence-corrected chi connectivity index (χ0v) is 18.3. The van der Waals surface area contributed by atoms with Crippen molar-refractivity contribution in [2.45, 2.75) is 103 Å². The van der Waals surface area contributed by atoms with E-state index >= 15 is 0 Å². The normalized spacial score (nSPS) is 32.6. The molecule has 1 aromatic rings. The molecule has 1 saturated carbocycles. The van der Waals surface area contributed by atoms with E-state index < -0.39 is 17.9 Å². The Morgan fingerprint density at radius 3 is 2.71 bits per heavy atom. The lowest BCUT2D eigenvalue weighted by molar-refractivity contribution is -0.0211. The molecule has 0 amide bonds. The molecule has 3 rings (SSSR count). The molecule has 28 heavy (non-hydrogen) atoms. The first-order valence-electron chi connectivity index (χ1n) is 12.1. The van der Waals surface area contributed by atoms with Gasteiger partial charge in [0.05, 0.1) is 0 Å². The second-order valence-corrected chi connectivity index (χ2v) is 9.98. The molecule has 3 heteroatoms. The van der Waals surface area contributed by atoms with Crippen molar-refractivity contribution < 1.29 is 17.7 Å². The van der Waals surface area contributed by atoms with Gasteiger partial charge in [-0.25, -0.2) is 0 Å². The summed E-state index contributed by atoms with van der Waals surface area (Å²) in [6, 6.07) is 3.97. The fourth-order valence-corrected chi connectivity index (χ4v) is 5.12. The molecule has 1 aliphatic carbocycles. The maximum atomic E-state index is 11.1. The van der Waals surface area contributed by atoms with Crippen molar-refractivity contribution in [2.24, 2.45) is 11.8 Å². The summed E-state index contributed by atoms with van der Waals surface area (Å²) >= 11 is 0. The zero-order chi connectivity index (χ0) is 22.3. The van der Waals surface area contributed by atoms with Gasteiger partial charge in [0.15, 0.2) is 0 Å². The maximum absolute atomic E-state index is 11.1. The molecule has 0 unspecified atom stereocenters. The molecule has 0 bridgehead atoms. The number of ether oxygens (including phenoxy) is 1. The third-order valence-electron chi connectivity index (χ3n) is 7.03. The Morgan fingerprint density at radius 2 is 2.04 bits per heavy atom. The summed E-state index contributed by atoms with van der Waals surface area (Å²) in [5.41, 5.74) is 1.30. The topological polar surface area (TPSA) is 49.7 Å². The van der Waals surface area contributed by atoms with Crippen LogP contribution in [0.2, 0.25) is 0 Å². The Hall–Kier alpha value is -1.22. The van der Waals surface area contributed by atoms with Gasteiger partial charge in [-0.3, -0.25) is 0 Å². The van der Waals surface area contributed by atoms with Crippen LogP contribution < -0.4 is 4.74 Å². The number of hydrogen-bond donors (Lipinski definition) is 2. The van der Waals surface area contributed by atoms with Gasteiger partial charge in [0.1, 0.15) is 17.1 Å². The standard InChI is InChI=1S/C25H40O3/c1-6-7-8-9-12-24(2,3)18-14-21(27)23-19-13-17(16-26)10-11-20(19)25(4,5)28-22(23)15-18/h14-15,17,19-20,26-27H,6-13,16H2,1-5H3/t17-,19+,20+/m0/s1/i10T,17T/t10-,17-,19+,20+. The Labute approximate surface area is 174 Å². The van der Waals surface area contributed by atoms with Crippen LogP contribution in [0.5, 0.6) is 11.5 Å². The van der Waals surface area contributed by atoms with E-state index in [1.165, 1.54) is 25.7 Å². The van der Waals surface area contributed by atoms with Gasteiger partial charge in [-0.05, 0) is 74.4 Å². The Bertz CT molecular complexity index is 761. The van der Waals surface area contributed by atoms with E-state index in [0.717, 1.165) is 17.5 Å². The highest BCUT2D eigenvalue weighted by molar-refractivity contribution is 5.53. The molecule has 2 aliphatic rings. The lowest BCUT2D eigenvalue weighted by Crippen LogP contribution is -2.47. The summed E-state index contributed by atoms with van der Waals surface area (Å²) < 4.78 is 23.5. The quantitative estimate of drug-likeness (QED) is 0.535. The second kappa shape index (κ2) is 8.26. The molecule has 0 radical (unpaired) electrons. The molecule has 158 valence electrons. The van der Waals surface area contributed by atoms with Crippen LogP contribution in [0.25, 0.3) is 0 Å². The van der Waals surface area contributed by atoms with Gasteiger partial charge in [-0.1, -0.05) is 46.5 Å². The van der Waals surface area contributed by atoms with Gasteiger partial charge in [0, 0.05) is 20.8 Å². The first-order chi connectivity index (χ1) is 13.9. The average molecular weight is 393 g/mol. The van der Waals surface area contributed by atoms with Crippen molar-refractivity contribution >= 4 is 0 Å². The van der Waals surface area contributed by atoms with E-state index in [-0.39, 0.29) is 29.6 Å². The highest BCUT2D eigenvalue weighted by atomic mass is 16.5. The molecule has 1 aromatic carbocycles. The van der Waals surface area contributed by atoms with E-state index in [0.29, 0.717) is 18.6 Å². The maximum Gasteiger partial charge on any atom is 0.127 e. The minimum atomic E-state index is -1.20. The smallest absolute Gasteiger partial charge is 0.127 e. The summed E-state index contributed by atoms with van der Waals surface area (Å²) in [6.07, 6.45) is 6.13. The highest BCUT2D eigenvalue weighted by Gasteiger charge is 2.47. The molecule has 0 saturated heterocycles. The second-order valence-electron chi connectivity index (χ2n) is 9.98. The summed E-state index contributed by atoms with van der Waals surface area (Å²) in [7, 11) is 0. The van der Waals surface area contributed by atoms with Crippen molar-refractivity contribution in [1.82, 2.24) is 0 Å². The fourth-order valence-electron chi connectivity index (χ4n) is 5.12. The number of unbranched alkanes of at least 4 members (excludes halogenated alkanes) is 3. The largest absolute Gasteiger partial charge is 0.508 e. The molecule has 0 aromatic heterocycles. The first kappa shape index (κ1) is 18.8. The molecule has 1 fully saturated rings. The molecular formula is C25H40O3. The fraction of sp³-hybridized carbons (Fsp3) is 0.760. The number of hydrogen-bond acceptors (Lipinski definition) is 3. The van der Waals surface area contributed by atoms with E-state index in [1.54, 1.807) is 0 Å². The van der Waals surface area contributed by atoms with Crippen LogP contribution in [-0.2, 0) is 5.41 Å². The Morgan fingerprint density at radius 1 is 1.29 bits per heavy atom. The van der Waals surface area contributed by atoms with Crippen LogP contribution in [0.1, 0.15) is 106 Å². The lowest BCUT2D eigenvalue weighted by atomic mass is 9.63. The van der Waals surface area contributed by atoms with Crippen molar-refractivity contribution in [3.05, 3.63) is 23.3 Å². The van der Waals surface area contributed by atoms with E-state index in [1.807, 2.05) is 6.07 Å². The number of aliphatic hydroxyl groups excluding tert-OH is 1. The SMILES string of the molecule is [3H][C@H]1C[C@@H]2[C@@H](C[C@@]1([3H])CO)c1c(O)cc(C(C)(C)CCCCCC)cc1OC2(C)C. The minimum Gasteiger partial charge on any atom is -0.508 e. The number of aromatic hydroxyl groups is 1. The van der Waals surface area contributed by atoms with Crippen LogP contribution in [0, 0.1) is 11.8 Å². The molecule has 1 aliphatic heterocycles. The van der Waals surface area contributed by atoms with Crippen molar-refractivity contribution in [3.8, 4) is 11.5 Å². The lowest BCUT2D eigenvalue weighted by Gasteiger charge is -2.49. The van der Waals surface area contributed by atoms with Gasteiger partial charge in [-0.15, -0.1) is 0 Å². The molecule has 3 nitrogen and oxygen atoms in total. The molecule has 4 atom stereocenters. The highest BCUT2D eigenvalue weighted by Crippen LogP contribution is 2.56. The number of rotatable bonds is 7. The van der Waals surface area contributed by atoms with E-state index in [4.69, 9.17) is 7.48 Å². The molecule has 0 spiro atoms. The average Bonchev–Trinajstić information content (AvgIpc) is 2.66. The van der Waals surface area contributed by atoms with Crippen molar-refractivity contribution in [3.63, 3.8) is 0 Å². The Balaban J connectivity index is 1.96. The van der Waals surface area contributed by atoms with Gasteiger partial charge >= 0.3 is 0 Å². The van der Waals surface area contributed by atoms with E-state index in [2.05, 4.69) is 40.7 Å². The Kier molecular flexibility index (Phi) is 5.54. The minimum absolute atomic E-state index is 0.0383. The number of benzene rings is 1. The van der Waals surface area contributed by atoms with Crippen LogP contribution in [0.3, 0.4) is 0 Å². The third kappa shape index (κ3) is 4.20. The van der Waals surface area contributed by atoms with Crippen LogP contribution in [0.4, 0.5) is 0 Å². The zero-order valence-electron chi connectivity index (χ0n) is 20.3. The first-order valence-corrected chi connectivity index (χ1v) is 11.0. The predicted octanol–water partition coefficient (Wildman–Crippen LogP) is 6.30. The predicted molar refractivity (Wildman–Crippen MR) is 115 cm³/mol. The van der Waals surface area contributed by atoms with Crippen LogP contribution in [0.15, 0.2) is 12.1 Å². The summed E-state index contributed by atoms with van der Waals surface area (Å²) in [5, 5.41) is 20.9. The number of phenols is 1. The number of aliphatic hydroxyl groups is 1.